The van der Waals surface area contributed by atoms with Crippen molar-refractivity contribution in [2.45, 2.75) is 38.4 Å². The van der Waals surface area contributed by atoms with Crippen LogP contribution in [-0.2, 0) is 9.47 Å². The van der Waals surface area contributed by atoms with Gasteiger partial charge in [-0.15, -0.1) is 0 Å². The van der Waals surface area contributed by atoms with E-state index in [2.05, 4.69) is 19.9 Å². The van der Waals surface area contributed by atoms with Gasteiger partial charge in [-0.2, -0.15) is 0 Å². The molecule has 1 saturated heterocycles. The summed E-state index contributed by atoms with van der Waals surface area (Å²) in [7, 11) is 0. The Kier molecular flexibility index (Phi) is 1.97. The molecule has 2 rings (SSSR count). The fraction of sp³-hybridized carbons (Fsp3) is 0.800. The second-order valence-electron chi connectivity index (χ2n) is 3.87. The first-order valence-electron chi connectivity index (χ1n) is 4.64. The van der Waals surface area contributed by atoms with Gasteiger partial charge in [0.2, 0.25) is 0 Å². The van der Waals surface area contributed by atoms with E-state index in [4.69, 9.17) is 9.47 Å². The molecule has 2 heteroatoms. The first-order valence-corrected chi connectivity index (χ1v) is 4.64. The molecule has 0 aliphatic carbocycles. The van der Waals surface area contributed by atoms with Crippen LogP contribution in [0.3, 0.4) is 0 Å². The molecule has 68 valence electrons. The van der Waals surface area contributed by atoms with Crippen LogP contribution in [-0.4, -0.2) is 24.9 Å². The summed E-state index contributed by atoms with van der Waals surface area (Å²) in [6, 6.07) is 0. The zero-order valence-corrected chi connectivity index (χ0v) is 7.80. The molecule has 2 unspecified atom stereocenters. The highest BCUT2D eigenvalue weighted by Crippen LogP contribution is 2.37. The molecule has 2 nitrogen and oxygen atoms in total. The normalized spacial score (nSPS) is 41.8. The molecule has 0 bridgehead atoms. The van der Waals surface area contributed by atoms with Gasteiger partial charge in [-0.3, -0.25) is 0 Å². The Balaban J connectivity index is 2.16. The predicted molar refractivity (Wildman–Crippen MR) is 47.1 cm³/mol. The highest BCUT2D eigenvalue weighted by atomic mass is 16.6. The minimum atomic E-state index is 0.0127. The van der Waals surface area contributed by atoms with Crippen molar-refractivity contribution in [3.63, 3.8) is 0 Å². The number of ether oxygens (including phenoxy) is 2. The van der Waals surface area contributed by atoms with Crippen LogP contribution in [0.4, 0.5) is 0 Å². The number of hydrogen-bond donors (Lipinski definition) is 0. The maximum Gasteiger partial charge on any atom is 0.100 e. The molecule has 0 aromatic rings. The van der Waals surface area contributed by atoms with E-state index in [9.17, 15) is 0 Å². The maximum absolute atomic E-state index is 5.81. The Morgan fingerprint density at radius 3 is 3.00 bits per heavy atom. The van der Waals surface area contributed by atoms with Crippen LogP contribution in [0, 0.1) is 0 Å². The van der Waals surface area contributed by atoms with Gasteiger partial charge in [-0.25, -0.2) is 0 Å². The Labute approximate surface area is 73.5 Å². The second kappa shape index (κ2) is 2.86. The van der Waals surface area contributed by atoms with Crippen molar-refractivity contribution in [1.29, 1.82) is 0 Å². The average Bonchev–Trinajstić information content (AvgIpc) is 2.33. The van der Waals surface area contributed by atoms with Gasteiger partial charge in [-0.05, 0) is 20.3 Å². The molecule has 2 aliphatic rings. The molecule has 12 heavy (non-hydrogen) atoms. The van der Waals surface area contributed by atoms with E-state index in [0.717, 1.165) is 26.1 Å². The van der Waals surface area contributed by atoms with Crippen LogP contribution in [0.5, 0.6) is 0 Å². The number of hydrogen-bond acceptors (Lipinski definition) is 2. The molecule has 1 spiro atoms. The average molecular weight is 168 g/mol. The van der Waals surface area contributed by atoms with Gasteiger partial charge in [0.15, 0.2) is 0 Å². The highest BCUT2D eigenvalue weighted by Gasteiger charge is 2.43. The quantitative estimate of drug-likeness (QED) is 0.514. The zero-order chi connectivity index (χ0) is 8.60. The standard InChI is InChI=1S/C10H16O2/c1-8-3-5-12-10(7-8)4-6-11-9(10)2/h3,9H,4-7H2,1-2H3. The first kappa shape index (κ1) is 8.27. The van der Waals surface area contributed by atoms with Crippen LogP contribution in [0.1, 0.15) is 26.7 Å². The van der Waals surface area contributed by atoms with Crippen LogP contribution in [0.15, 0.2) is 11.6 Å². The van der Waals surface area contributed by atoms with Crippen molar-refractivity contribution in [2.24, 2.45) is 0 Å². The van der Waals surface area contributed by atoms with Gasteiger partial charge in [0, 0.05) is 13.0 Å². The Bertz CT molecular complexity index is 210. The van der Waals surface area contributed by atoms with Gasteiger partial charge in [-0.1, -0.05) is 11.6 Å². The fourth-order valence-corrected chi connectivity index (χ4v) is 2.13. The van der Waals surface area contributed by atoms with Crippen molar-refractivity contribution in [3.05, 3.63) is 11.6 Å². The molecule has 0 saturated carbocycles. The highest BCUT2D eigenvalue weighted by molar-refractivity contribution is 5.11. The Morgan fingerprint density at radius 1 is 1.58 bits per heavy atom. The van der Waals surface area contributed by atoms with Gasteiger partial charge < -0.3 is 9.47 Å². The van der Waals surface area contributed by atoms with E-state index in [1.807, 2.05) is 0 Å². The van der Waals surface area contributed by atoms with E-state index < -0.39 is 0 Å². The zero-order valence-electron chi connectivity index (χ0n) is 7.80. The summed E-state index contributed by atoms with van der Waals surface area (Å²) in [5.74, 6) is 0. The lowest BCUT2D eigenvalue weighted by atomic mass is 9.87. The predicted octanol–water partition coefficient (Wildman–Crippen LogP) is 1.90. The third kappa shape index (κ3) is 1.19. The lowest BCUT2D eigenvalue weighted by molar-refractivity contribution is -0.0805. The second-order valence-corrected chi connectivity index (χ2v) is 3.87. The molecule has 2 heterocycles. The molecule has 1 fully saturated rings. The summed E-state index contributed by atoms with van der Waals surface area (Å²) < 4.78 is 11.3. The van der Waals surface area contributed by atoms with Gasteiger partial charge in [0.1, 0.15) is 5.60 Å². The van der Waals surface area contributed by atoms with E-state index >= 15 is 0 Å². The third-order valence-corrected chi connectivity index (χ3v) is 3.01. The lowest BCUT2D eigenvalue weighted by Crippen LogP contribution is -2.41. The molecule has 2 atom stereocenters. The van der Waals surface area contributed by atoms with Gasteiger partial charge in [0.05, 0.1) is 12.7 Å². The molecular formula is C10H16O2. The minimum Gasteiger partial charge on any atom is -0.375 e. The Hall–Kier alpha value is -0.340. The summed E-state index contributed by atoms with van der Waals surface area (Å²) in [6.07, 6.45) is 4.53. The van der Waals surface area contributed by atoms with Crippen molar-refractivity contribution >= 4 is 0 Å². The molecule has 0 radical (unpaired) electrons. The van der Waals surface area contributed by atoms with E-state index in [1.54, 1.807) is 0 Å². The molecule has 0 amide bonds. The summed E-state index contributed by atoms with van der Waals surface area (Å²) >= 11 is 0. The topological polar surface area (TPSA) is 18.5 Å². The van der Waals surface area contributed by atoms with Crippen molar-refractivity contribution in [3.8, 4) is 0 Å². The minimum absolute atomic E-state index is 0.0127. The smallest absolute Gasteiger partial charge is 0.100 e. The molecule has 0 N–H and O–H groups in total. The molecule has 0 aromatic carbocycles. The summed E-state index contributed by atoms with van der Waals surface area (Å²) in [5, 5.41) is 0. The van der Waals surface area contributed by atoms with Crippen molar-refractivity contribution < 1.29 is 9.47 Å². The Morgan fingerprint density at radius 2 is 2.42 bits per heavy atom. The largest absolute Gasteiger partial charge is 0.375 e. The summed E-state index contributed by atoms with van der Waals surface area (Å²) in [4.78, 5) is 0. The van der Waals surface area contributed by atoms with Crippen molar-refractivity contribution in [2.75, 3.05) is 13.2 Å². The van der Waals surface area contributed by atoms with E-state index in [1.165, 1.54) is 5.57 Å². The summed E-state index contributed by atoms with van der Waals surface area (Å²) in [5.41, 5.74) is 1.46. The molecular weight excluding hydrogens is 152 g/mol. The molecule has 0 aromatic heterocycles. The van der Waals surface area contributed by atoms with Crippen molar-refractivity contribution in [1.82, 2.24) is 0 Å². The van der Waals surface area contributed by atoms with Crippen LogP contribution >= 0.6 is 0 Å². The monoisotopic (exact) mass is 168 g/mol. The third-order valence-electron chi connectivity index (χ3n) is 3.01. The fourth-order valence-electron chi connectivity index (χ4n) is 2.13. The number of rotatable bonds is 0. The van der Waals surface area contributed by atoms with Crippen LogP contribution in [0.2, 0.25) is 0 Å². The SMILES string of the molecule is CC1=CCOC2(CCOC2C)C1. The first-order chi connectivity index (χ1) is 5.73. The van der Waals surface area contributed by atoms with E-state index in [-0.39, 0.29) is 11.7 Å². The van der Waals surface area contributed by atoms with E-state index in [0.29, 0.717) is 0 Å². The molecule has 2 aliphatic heterocycles. The van der Waals surface area contributed by atoms with Gasteiger partial charge >= 0.3 is 0 Å². The van der Waals surface area contributed by atoms with Gasteiger partial charge in [0.25, 0.3) is 0 Å². The summed E-state index contributed by atoms with van der Waals surface area (Å²) in [6.45, 7) is 5.91. The van der Waals surface area contributed by atoms with Crippen LogP contribution in [0.25, 0.3) is 0 Å². The van der Waals surface area contributed by atoms with Crippen LogP contribution < -0.4 is 0 Å². The lowest BCUT2D eigenvalue weighted by Gasteiger charge is -2.35. The maximum atomic E-state index is 5.81.